The quantitative estimate of drug-likeness (QED) is 0.901. The highest BCUT2D eigenvalue weighted by Crippen LogP contribution is 2.18. The van der Waals surface area contributed by atoms with Gasteiger partial charge in [0.15, 0.2) is 9.84 Å². The van der Waals surface area contributed by atoms with Crippen LogP contribution in [0.25, 0.3) is 0 Å². The Kier molecular flexibility index (Phi) is 4.63. The zero-order valence-corrected chi connectivity index (χ0v) is 12.5. The minimum absolute atomic E-state index is 0.292. The van der Waals surface area contributed by atoms with Crippen LogP contribution in [0.15, 0.2) is 24.3 Å². The molecular formula is C15H23NO2S. The molecule has 106 valence electrons. The fraction of sp³-hybridized carbons (Fsp3) is 0.600. The molecule has 0 aromatic heterocycles. The van der Waals surface area contributed by atoms with E-state index in [0.717, 1.165) is 19.5 Å². The predicted molar refractivity (Wildman–Crippen MR) is 79.0 cm³/mol. The van der Waals surface area contributed by atoms with Crippen LogP contribution in [0.2, 0.25) is 0 Å². The first-order valence-corrected chi connectivity index (χ1v) is 8.78. The van der Waals surface area contributed by atoms with Crippen LogP contribution in [0.5, 0.6) is 0 Å². The largest absolute Gasteiger partial charge is 0.312 e. The third kappa shape index (κ3) is 4.32. The summed E-state index contributed by atoms with van der Waals surface area (Å²) in [5, 5.41) is 3.37. The fourth-order valence-electron chi connectivity index (χ4n) is 2.47. The Bertz CT molecular complexity index is 505. The van der Waals surface area contributed by atoms with Gasteiger partial charge >= 0.3 is 0 Å². The highest BCUT2D eigenvalue weighted by molar-refractivity contribution is 7.91. The molecule has 0 saturated carbocycles. The van der Waals surface area contributed by atoms with Gasteiger partial charge in [0, 0.05) is 6.54 Å². The van der Waals surface area contributed by atoms with Crippen molar-refractivity contribution in [2.45, 2.75) is 32.7 Å². The van der Waals surface area contributed by atoms with Gasteiger partial charge in [0.25, 0.3) is 0 Å². The van der Waals surface area contributed by atoms with Gasteiger partial charge in [-0.05, 0) is 35.9 Å². The van der Waals surface area contributed by atoms with Gasteiger partial charge in [-0.1, -0.05) is 38.1 Å². The van der Waals surface area contributed by atoms with E-state index in [0.29, 0.717) is 23.3 Å². The molecule has 0 spiro atoms. The van der Waals surface area contributed by atoms with Gasteiger partial charge in [-0.25, -0.2) is 8.42 Å². The van der Waals surface area contributed by atoms with Crippen LogP contribution in [0, 0.1) is 5.92 Å². The molecule has 0 bridgehead atoms. The normalized spacial score (nSPS) is 21.9. The molecule has 1 saturated heterocycles. The Labute approximate surface area is 116 Å². The van der Waals surface area contributed by atoms with Crippen molar-refractivity contribution in [1.82, 2.24) is 5.32 Å². The maximum absolute atomic E-state index is 11.3. The molecule has 19 heavy (non-hydrogen) atoms. The number of rotatable bonds is 5. The first-order valence-electron chi connectivity index (χ1n) is 6.96. The average Bonchev–Trinajstić information content (AvgIpc) is 2.69. The topological polar surface area (TPSA) is 46.2 Å². The van der Waals surface area contributed by atoms with Crippen molar-refractivity contribution in [1.29, 1.82) is 0 Å². The number of benzene rings is 1. The molecule has 1 heterocycles. The highest BCUT2D eigenvalue weighted by atomic mass is 32.2. The van der Waals surface area contributed by atoms with Crippen molar-refractivity contribution in [2.75, 3.05) is 18.1 Å². The molecule has 1 aliphatic heterocycles. The number of hydrogen-bond acceptors (Lipinski definition) is 3. The lowest BCUT2D eigenvalue weighted by Crippen LogP contribution is -2.23. The summed E-state index contributed by atoms with van der Waals surface area (Å²) in [6.07, 6.45) is 0.807. The van der Waals surface area contributed by atoms with Crippen molar-refractivity contribution in [3.8, 4) is 0 Å². The smallest absolute Gasteiger partial charge is 0.150 e. The lowest BCUT2D eigenvalue weighted by molar-refractivity contribution is 0.521. The molecule has 0 radical (unpaired) electrons. The van der Waals surface area contributed by atoms with Crippen molar-refractivity contribution >= 4 is 9.84 Å². The summed E-state index contributed by atoms with van der Waals surface area (Å²) >= 11 is 0. The molecule has 3 nitrogen and oxygen atoms in total. The van der Waals surface area contributed by atoms with E-state index in [-0.39, 0.29) is 0 Å². The first kappa shape index (κ1) is 14.5. The van der Waals surface area contributed by atoms with Gasteiger partial charge in [-0.2, -0.15) is 0 Å². The summed E-state index contributed by atoms with van der Waals surface area (Å²) in [7, 11) is -2.75. The van der Waals surface area contributed by atoms with Crippen molar-refractivity contribution in [2.24, 2.45) is 5.92 Å². The number of hydrogen-bond donors (Lipinski definition) is 1. The standard InChI is InChI=1S/C15H23NO2S/c1-12(2)15-5-3-13(4-6-15)9-16-10-14-7-8-19(17,18)11-14/h3-6,12,14,16H,7-11H2,1-2H3. The predicted octanol–water partition coefficient (Wildman–Crippen LogP) is 2.33. The van der Waals surface area contributed by atoms with E-state index in [9.17, 15) is 8.42 Å². The second-order valence-electron chi connectivity index (χ2n) is 5.80. The van der Waals surface area contributed by atoms with E-state index in [2.05, 4.69) is 43.4 Å². The zero-order valence-electron chi connectivity index (χ0n) is 11.7. The van der Waals surface area contributed by atoms with Crippen molar-refractivity contribution in [3.63, 3.8) is 0 Å². The van der Waals surface area contributed by atoms with E-state index in [1.807, 2.05) is 0 Å². The monoisotopic (exact) mass is 281 g/mol. The van der Waals surface area contributed by atoms with Gasteiger partial charge < -0.3 is 5.32 Å². The van der Waals surface area contributed by atoms with Gasteiger partial charge in [-0.3, -0.25) is 0 Å². The molecule has 1 aromatic carbocycles. The lowest BCUT2D eigenvalue weighted by atomic mass is 10.0. The summed E-state index contributed by atoms with van der Waals surface area (Å²) < 4.78 is 22.7. The second-order valence-corrected chi connectivity index (χ2v) is 8.02. The summed E-state index contributed by atoms with van der Waals surface area (Å²) in [6.45, 7) is 5.99. The van der Waals surface area contributed by atoms with Gasteiger partial charge in [0.2, 0.25) is 0 Å². The van der Waals surface area contributed by atoms with Crippen LogP contribution < -0.4 is 5.32 Å². The summed E-state index contributed by atoms with van der Waals surface area (Å²) in [6, 6.07) is 8.63. The van der Waals surface area contributed by atoms with E-state index in [4.69, 9.17) is 0 Å². The van der Waals surface area contributed by atoms with Gasteiger partial charge in [0.1, 0.15) is 0 Å². The first-order chi connectivity index (χ1) is 8.96. The highest BCUT2D eigenvalue weighted by Gasteiger charge is 2.27. The van der Waals surface area contributed by atoms with Crippen LogP contribution >= 0.6 is 0 Å². The van der Waals surface area contributed by atoms with E-state index < -0.39 is 9.84 Å². The molecule has 1 N–H and O–H groups in total. The molecule has 0 amide bonds. The maximum atomic E-state index is 11.3. The molecule has 1 fully saturated rings. The Morgan fingerprint density at radius 1 is 1.26 bits per heavy atom. The molecule has 0 aliphatic carbocycles. The third-order valence-electron chi connectivity index (χ3n) is 3.74. The molecule has 1 aliphatic rings. The van der Waals surface area contributed by atoms with Crippen LogP contribution in [0.4, 0.5) is 0 Å². The van der Waals surface area contributed by atoms with Gasteiger partial charge in [0.05, 0.1) is 11.5 Å². The molecule has 4 heteroatoms. The summed E-state index contributed by atoms with van der Waals surface area (Å²) in [5.74, 6) is 1.57. The molecule has 1 aromatic rings. The SMILES string of the molecule is CC(C)c1ccc(CNCC2CCS(=O)(=O)C2)cc1. The maximum Gasteiger partial charge on any atom is 0.150 e. The van der Waals surface area contributed by atoms with Crippen molar-refractivity contribution < 1.29 is 8.42 Å². The minimum Gasteiger partial charge on any atom is -0.312 e. The molecule has 1 unspecified atom stereocenters. The number of sulfone groups is 1. The van der Waals surface area contributed by atoms with Gasteiger partial charge in [-0.15, -0.1) is 0 Å². The Morgan fingerprint density at radius 3 is 2.47 bits per heavy atom. The number of nitrogens with one attached hydrogen (secondary N) is 1. The van der Waals surface area contributed by atoms with Crippen LogP contribution in [-0.2, 0) is 16.4 Å². The summed E-state index contributed by atoms with van der Waals surface area (Å²) in [5.41, 5.74) is 2.61. The van der Waals surface area contributed by atoms with Crippen molar-refractivity contribution in [3.05, 3.63) is 35.4 Å². The van der Waals surface area contributed by atoms with E-state index >= 15 is 0 Å². The summed E-state index contributed by atoms with van der Waals surface area (Å²) in [4.78, 5) is 0. The Hall–Kier alpha value is -0.870. The molecular weight excluding hydrogens is 258 g/mol. The lowest BCUT2D eigenvalue weighted by Gasteiger charge is -2.10. The van der Waals surface area contributed by atoms with E-state index in [1.54, 1.807) is 0 Å². The Balaban J connectivity index is 1.77. The molecule has 1 atom stereocenters. The van der Waals surface area contributed by atoms with Crippen LogP contribution in [0.1, 0.15) is 37.3 Å². The third-order valence-corrected chi connectivity index (χ3v) is 5.57. The van der Waals surface area contributed by atoms with E-state index in [1.165, 1.54) is 11.1 Å². The average molecular weight is 281 g/mol. The zero-order chi connectivity index (χ0) is 13.9. The second kappa shape index (κ2) is 6.06. The minimum atomic E-state index is -2.75. The van der Waals surface area contributed by atoms with Crippen LogP contribution in [-0.4, -0.2) is 26.5 Å². The van der Waals surface area contributed by atoms with Crippen LogP contribution in [0.3, 0.4) is 0 Å². The Morgan fingerprint density at radius 2 is 1.95 bits per heavy atom. The fourth-order valence-corrected chi connectivity index (χ4v) is 4.34. The molecule has 2 rings (SSSR count).